The van der Waals surface area contributed by atoms with Crippen LogP contribution in [0.3, 0.4) is 0 Å². The summed E-state index contributed by atoms with van der Waals surface area (Å²) >= 11 is 0. The van der Waals surface area contributed by atoms with Crippen molar-refractivity contribution in [1.29, 1.82) is 0 Å². The van der Waals surface area contributed by atoms with E-state index in [1.54, 1.807) is 6.92 Å². The summed E-state index contributed by atoms with van der Waals surface area (Å²) < 4.78 is 0. The molecule has 2 rings (SSSR count). The van der Waals surface area contributed by atoms with Gasteiger partial charge in [0.05, 0.1) is 12.0 Å². The summed E-state index contributed by atoms with van der Waals surface area (Å²) in [5, 5.41) is 9.34. The molecule has 0 aromatic heterocycles. The van der Waals surface area contributed by atoms with Crippen LogP contribution < -0.4 is 0 Å². The second-order valence-electron chi connectivity index (χ2n) is 6.98. The standard InChI is InChI=1S/C16H28N2O3/c1-16(15(20)21)9-6-10-18(12-16)11-14(19)17(2)13-7-4-3-5-8-13/h13H,3-12H2,1-2H3,(H,20,21). The molecule has 1 atom stereocenters. The molecular weight excluding hydrogens is 268 g/mol. The van der Waals surface area contributed by atoms with Crippen LogP contribution in [0.25, 0.3) is 0 Å². The van der Waals surface area contributed by atoms with Crippen molar-refractivity contribution in [3.05, 3.63) is 0 Å². The molecule has 1 heterocycles. The number of nitrogens with zero attached hydrogens (tertiary/aromatic N) is 2. The van der Waals surface area contributed by atoms with Gasteiger partial charge in [-0.2, -0.15) is 0 Å². The highest BCUT2D eigenvalue weighted by molar-refractivity contribution is 5.79. The fraction of sp³-hybridized carbons (Fsp3) is 0.875. The molecule has 21 heavy (non-hydrogen) atoms. The molecule has 0 aromatic carbocycles. The lowest BCUT2D eigenvalue weighted by molar-refractivity contribution is -0.152. The topological polar surface area (TPSA) is 60.9 Å². The molecule has 5 heteroatoms. The van der Waals surface area contributed by atoms with E-state index in [-0.39, 0.29) is 5.91 Å². The fourth-order valence-corrected chi connectivity index (χ4v) is 3.63. The molecule has 1 unspecified atom stereocenters. The number of carboxylic acid groups (broad SMARTS) is 1. The molecule has 0 radical (unpaired) electrons. The summed E-state index contributed by atoms with van der Waals surface area (Å²) in [5.41, 5.74) is -0.706. The first-order valence-electron chi connectivity index (χ1n) is 8.14. The van der Waals surface area contributed by atoms with Gasteiger partial charge in [-0.3, -0.25) is 14.5 Å². The molecule has 2 fully saturated rings. The van der Waals surface area contributed by atoms with Crippen molar-refractivity contribution in [2.24, 2.45) is 5.41 Å². The number of carboxylic acids is 1. The Morgan fingerprint density at radius 1 is 1.24 bits per heavy atom. The van der Waals surface area contributed by atoms with Crippen molar-refractivity contribution in [1.82, 2.24) is 9.80 Å². The maximum atomic E-state index is 12.4. The van der Waals surface area contributed by atoms with Crippen LogP contribution >= 0.6 is 0 Å². The predicted octanol–water partition coefficient (Wildman–Crippen LogP) is 1.96. The summed E-state index contributed by atoms with van der Waals surface area (Å²) in [6, 6.07) is 0.377. The van der Waals surface area contributed by atoms with E-state index in [2.05, 4.69) is 0 Å². The van der Waals surface area contributed by atoms with Crippen molar-refractivity contribution in [3.8, 4) is 0 Å². The summed E-state index contributed by atoms with van der Waals surface area (Å²) in [6.45, 7) is 3.45. The van der Waals surface area contributed by atoms with Gasteiger partial charge in [-0.05, 0) is 39.2 Å². The normalized spacial score (nSPS) is 28.3. The van der Waals surface area contributed by atoms with E-state index in [1.807, 2.05) is 16.8 Å². The van der Waals surface area contributed by atoms with E-state index in [1.165, 1.54) is 19.3 Å². The molecule has 1 N–H and O–H groups in total. The highest BCUT2D eigenvalue weighted by Gasteiger charge is 2.38. The van der Waals surface area contributed by atoms with Gasteiger partial charge in [0, 0.05) is 19.6 Å². The van der Waals surface area contributed by atoms with Gasteiger partial charge in [0.25, 0.3) is 0 Å². The van der Waals surface area contributed by atoms with Gasteiger partial charge < -0.3 is 10.0 Å². The number of likely N-dealkylation sites (tertiary alicyclic amines) is 1. The van der Waals surface area contributed by atoms with E-state index in [0.29, 0.717) is 25.6 Å². The number of piperidine rings is 1. The highest BCUT2D eigenvalue weighted by atomic mass is 16.4. The van der Waals surface area contributed by atoms with Gasteiger partial charge in [0.2, 0.25) is 5.91 Å². The lowest BCUT2D eigenvalue weighted by atomic mass is 9.82. The van der Waals surface area contributed by atoms with Gasteiger partial charge in [0.15, 0.2) is 0 Å². The summed E-state index contributed by atoms with van der Waals surface area (Å²) in [6.07, 6.45) is 7.46. The molecule has 1 saturated carbocycles. The lowest BCUT2D eigenvalue weighted by Crippen LogP contribution is -2.50. The molecule has 1 saturated heterocycles. The molecule has 0 aromatic rings. The monoisotopic (exact) mass is 296 g/mol. The number of carbonyl (C=O) groups is 2. The first-order chi connectivity index (χ1) is 9.92. The van der Waals surface area contributed by atoms with Gasteiger partial charge in [0.1, 0.15) is 0 Å². The van der Waals surface area contributed by atoms with Crippen LogP contribution in [0.5, 0.6) is 0 Å². The molecular formula is C16H28N2O3. The van der Waals surface area contributed by atoms with Crippen LogP contribution in [-0.4, -0.2) is 59.5 Å². The van der Waals surface area contributed by atoms with Crippen molar-refractivity contribution >= 4 is 11.9 Å². The van der Waals surface area contributed by atoms with Crippen LogP contribution in [-0.2, 0) is 9.59 Å². The maximum absolute atomic E-state index is 12.4. The zero-order chi connectivity index (χ0) is 15.5. The average Bonchev–Trinajstić information content (AvgIpc) is 2.47. The lowest BCUT2D eigenvalue weighted by Gasteiger charge is -2.38. The van der Waals surface area contributed by atoms with Crippen LogP contribution in [0.1, 0.15) is 51.9 Å². The van der Waals surface area contributed by atoms with Gasteiger partial charge in [-0.25, -0.2) is 0 Å². The minimum absolute atomic E-state index is 0.136. The minimum Gasteiger partial charge on any atom is -0.481 e. The van der Waals surface area contributed by atoms with Crippen LogP contribution in [0.15, 0.2) is 0 Å². The number of rotatable bonds is 4. The van der Waals surface area contributed by atoms with Gasteiger partial charge in [-0.1, -0.05) is 19.3 Å². The van der Waals surface area contributed by atoms with Crippen molar-refractivity contribution in [3.63, 3.8) is 0 Å². The second-order valence-corrected chi connectivity index (χ2v) is 6.98. The molecule has 2 aliphatic rings. The predicted molar refractivity (Wildman–Crippen MR) is 81.1 cm³/mol. The highest BCUT2D eigenvalue weighted by Crippen LogP contribution is 2.29. The molecule has 5 nitrogen and oxygen atoms in total. The molecule has 1 amide bonds. The van der Waals surface area contributed by atoms with E-state index in [0.717, 1.165) is 25.8 Å². The molecule has 0 spiro atoms. The maximum Gasteiger partial charge on any atom is 0.310 e. The number of hydrogen-bond donors (Lipinski definition) is 1. The Labute approximate surface area is 127 Å². The molecule has 1 aliphatic heterocycles. The molecule has 0 bridgehead atoms. The third-order valence-corrected chi connectivity index (χ3v) is 5.17. The Morgan fingerprint density at radius 2 is 1.90 bits per heavy atom. The van der Waals surface area contributed by atoms with E-state index in [9.17, 15) is 14.7 Å². The van der Waals surface area contributed by atoms with Crippen molar-refractivity contribution in [2.75, 3.05) is 26.7 Å². The number of carbonyl (C=O) groups excluding carboxylic acids is 1. The van der Waals surface area contributed by atoms with Crippen molar-refractivity contribution < 1.29 is 14.7 Å². The first kappa shape index (κ1) is 16.3. The number of likely N-dealkylation sites (N-methyl/N-ethyl adjacent to an activating group) is 1. The smallest absolute Gasteiger partial charge is 0.310 e. The Balaban J connectivity index is 1.88. The summed E-state index contributed by atoms with van der Waals surface area (Å²) in [5.74, 6) is -0.614. The van der Waals surface area contributed by atoms with E-state index < -0.39 is 11.4 Å². The Bertz CT molecular complexity index is 393. The first-order valence-corrected chi connectivity index (χ1v) is 8.14. The minimum atomic E-state index is -0.750. The zero-order valence-corrected chi connectivity index (χ0v) is 13.3. The van der Waals surface area contributed by atoms with Crippen molar-refractivity contribution in [2.45, 2.75) is 57.9 Å². The van der Waals surface area contributed by atoms with Gasteiger partial charge >= 0.3 is 5.97 Å². The Morgan fingerprint density at radius 3 is 2.52 bits per heavy atom. The fourth-order valence-electron chi connectivity index (χ4n) is 3.63. The number of aliphatic carboxylic acids is 1. The largest absolute Gasteiger partial charge is 0.481 e. The quantitative estimate of drug-likeness (QED) is 0.861. The second kappa shape index (κ2) is 6.77. The van der Waals surface area contributed by atoms with E-state index >= 15 is 0 Å². The number of hydrogen-bond acceptors (Lipinski definition) is 3. The third kappa shape index (κ3) is 3.96. The van der Waals surface area contributed by atoms with Crippen LogP contribution in [0.2, 0.25) is 0 Å². The molecule has 1 aliphatic carbocycles. The van der Waals surface area contributed by atoms with Crippen LogP contribution in [0, 0.1) is 5.41 Å². The Kier molecular flexibility index (Phi) is 5.25. The Hall–Kier alpha value is -1.10. The SMILES string of the molecule is CN(C(=O)CN1CCCC(C)(C(=O)O)C1)C1CCCCC1. The van der Waals surface area contributed by atoms with Gasteiger partial charge in [-0.15, -0.1) is 0 Å². The summed E-state index contributed by atoms with van der Waals surface area (Å²) in [4.78, 5) is 27.7. The summed E-state index contributed by atoms with van der Waals surface area (Å²) in [7, 11) is 1.90. The zero-order valence-electron chi connectivity index (χ0n) is 13.3. The third-order valence-electron chi connectivity index (χ3n) is 5.17. The molecule has 120 valence electrons. The average molecular weight is 296 g/mol. The number of amides is 1. The van der Waals surface area contributed by atoms with E-state index in [4.69, 9.17) is 0 Å². The van der Waals surface area contributed by atoms with Crippen LogP contribution in [0.4, 0.5) is 0 Å².